The van der Waals surface area contributed by atoms with Crippen LogP contribution in [-0.4, -0.2) is 48.3 Å². The van der Waals surface area contributed by atoms with Crippen molar-refractivity contribution in [1.29, 1.82) is 0 Å². The molecule has 3 nitrogen and oxygen atoms in total. The second-order valence-electron chi connectivity index (χ2n) is 5.44. The number of nitrogens with one attached hydrogen (secondary N) is 1. The molecule has 0 radical (unpaired) electrons. The highest BCUT2D eigenvalue weighted by Crippen LogP contribution is 2.28. The number of aliphatic hydroxyl groups excluding tert-OH is 1. The Bertz CT molecular complexity index is 200. The van der Waals surface area contributed by atoms with Gasteiger partial charge >= 0.3 is 0 Å². The molecule has 1 atom stereocenters. The standard InChI is InChI=1S/C13H26N2O/c1-2-15(12-8-14-9-12)10-13(16)7-11-5-3-4-6-11/h11-14,16H,2-10H2,1H3. The Labute approximate surface area is 99.2 Å². The fraction of sp³-hybridized carbons (Fsp3) is 1.00. The lowest BCUT2D eigenvalue weighted by atomic mass is 9.99. The number of hydrogen-bond donors (Lipinski definition) is 2. The number of rotatable bonds is 6. The van der Waals surface area contributed by atoms with E-state index < -0.39 is 0 Å². The minimum absolute atomic E-state index is 0.108. The van der Waals surface area contributed by atoms with Crippen LogP contribution in [0.3, 0.4) is 0 Å². The second kappa shape index (κ2) is 5.99. The topological polar surface area (TPSA) is 35.5 Å². The summed E-state index contributed by atoms with van der Waals surface area (Å²) in [6.07, 6.45) is 6.35. The van der Waals surface area contributed by atoms with Crippen molar-refractivity contribution in [1.82, 2.24) is 10.2 Å². The average molecular weight is 226 g/mol. The van der Waals surface area contributed by atoms with E-state index >= 15 is 0 Å². The Hall–Kier alpha value is -0.120. The molecule has 2 rings (SSSR count). The van der Waals surface area contributed by atoms with Gasteiger partial charge in [-0.3, -0.25) is 4.90 Å². The molecule has 0 spiro atoms. The molecule has 0 aromatic carbocycles. The van der Waals surface area contributed by atoms with Gasteiger partial charge in [-0.25, -0.2) is 0 Å². The van der Waals surface area contributed by atoms with Gasteiger partial charge in [0.2, 0.25) is 0 Å². The monoisotopic (exact) mass is 226 g/mol. The molecule has 0 aromatic rings. The first-order chi connectivity index (χ1) is 7.79. The van der Waals surface area contributed by atoms with Crippen LogP contribution in [0.2, 0.25) is 0 Å². The van der Waals surface area contributed by atoms with E-state index in [1.165, 1.54) is 25.7 Å². The van der Waals surface area contributed by atoms with Gasteiger partial charge in [0.25, 0.3) is 0 Å². The van der Waals surface area contributed by atoms with E-state index in [0.29, 0.717) is 6.04 Å². The maximum atomic E-state index is 10.1. The third-order valence-electron chi connectivity index (χ3n) is 4.21. The summed E-state index contributed by atoms with van der Waals surface area (Å²) >= 11 is 0. The van der Waals surface area contributed by atoms with Crippen LogP contribution in [0.1, 0.15) is 39.0 Å². The summed E-state index contributed by atoms with van der Waals surface area (Å²) in [5, 5.41) is 13.4. The third-order valence-corrected chi connectivity index (χ3v) is 4.21. The SMILES string of the molecule is CCN(CC(O)CC1CCCC1)C1CNC1. The summed E-state index contributed by atoms with van der Waals surface area (Å²) in [6, 6.07) is 0.670. The zero-order valence-electron chi connectivity index (χ0n) is 10.5. The van der Waals surface area contributed by atoms with Crippen LogP contribution in [0.5, 0.6) is 0 Å². The molecule has 0 bridgehead atoms. The van der Waals surface area contributed by atoms with Crippen LogP contribution >= 0.6 is 0 Å². The van der Waals surface area contributed by atoms with Crippen LogP contribution in [0.25, 0.3) is 0 Å². The third kappa shape index (κ3) is 3.19. The Morgan fingerprint density at radius 3 is 2.50 bits per heavy atom. The molecule has 2 N–H and O–H groups in total. The Balaban J connectivity index is 1.69. The molecule has 0 amide bonds. The van der Waals surface area contributed by atoms with Gasteiger partial charge in [-0.2, -0.15) is 0 Å². The van der Waals surface area contributed by atoms with Gasteiger partial charge in [-0.05, 0) is 18.9 Å². The lowest BCUT2D eigenvalue weighted by Gasteiger charge is -2.38. The molecule has 1 unspecified atom stereocenters. The van der Waals surface area contributed by atoms with Crippen molar-refractivity contribution in [2.24, 2.45) is 5.92 Å². The second-order valence-corrected chi connectivity index (χ2v) is 5.44. The normalized spacial score (nSPS) is 24.9. The molecule has 1 aliphatic carbocycles. The van der Waals surface area contributed by atoms with E-state index in [2.05, 4.69) is 17.1 Å². The van der Waals surface area contributed by atoms with Gasteiger partial charge in [-0.15, -0.1) is 0 Å². The van der Waals surface area contributed by atoms with Gasteiger partial charge in [0.05, 0.1) is 6.10 Å². The van der Waals surface area contributed by atoms with Crippen molar-refractivity contribution in [2.45, 2.75) is 51.2 Å². The Morgan fingerprint density at radius 2 is 2.00 bits per heavy atom. The number of aliphatic hydroxyl groups is 1. The zero-order chi connectivity index (χ0) is 11.4. The molecule has 2 aliphatic rings. The van der Waals surface area contributed by atoms with E-state index in [-0.39, 0.29) is 6.10 Å². The predicted octanol–water partition coefficient (Wildman–Crippen LogP) is 1.22. The smallest absolute Gasteiger partial charge is 0.0669 e. The van der Waals surface area contributed by atoms with E-state index in [0.717, 1.165) is 38.5 Å². The summed E-state index contributed by atoms with van der Waals surface area (Å²) < 4.78 is 0. The van der Waals surface area contributed by atoms with Crippen LogP contribution < -0.4 is 5.32 Å². The van der Waals surface area contributed by atoms with Gasteiger partial charge in [0.1, 0.15) is 0 Å². The molecular formula is C13H26N2O. The highest BCUT2D eigenvalue weighted by molar-refractivity contribution is 4.85. The Kier molecular flexibility index (Phi) is 4.62. The molecule has 94 valence electrons. The minimum Gasteiger partial charge on any atom is -0.392 e. The first kappa shape index (κ1) is 12.3. The zero-order valence-corrected chi connectivity index (χ0v) is 10.5. The molecule has 1 saturated carbocycles. The average Bonchev–Trinajstić information content (AvgIpc) is 2.66. The van der Waals surface area contributed by atoms with Crippen molar-refractivity contribution in [3.8, 4) is 0 Å². The largest absolute Gasteiger partial charge is 0.392 e. The van der Waals surface area contributed by atoms with Crippen LogP contribution in [-0.2, 0) is 0 Å². The molecule has 1 heterocycles. The molecule has 3 heteroatoms. The fourth-order valence-corrected chi connectivity index (χ4v) is 3.04. The predicted molar refractivity (Wildman–Crippen MR) is 66.5 cm³/mol. The molecule has 2 fully saturated rings. The van der Waals surface area contributed by atoms with Crippen LogP contribution in [0, 0.1) is 5.92 Å². The van der Waals surface area contributed by atoms with E-state index in [1.54, 1.807) is 0 Å². The number of likely N-dealkylation sites (N-methyl/N-ethyl adjacent to an activating group) is 1. The first-order valence-electron chi connectivity index (χ1n) is 6.92. The fourth-order valence-electron chi connectivity index (χ4n) is 3.04. The van der Waals surface area contributed by atoms with Crippen molar-refractivity contribution < 1.29 is 5.11 Å². The molecule has 1 saturated heterocycles. The van der Waals surface area contributed by atoms with E-state index in [9.17, 15) is 5.11 Å². The van der Waals surface area contributed by atoms with Crippen molar-refractivity contribution in [2.75, 3.05) is 26.2 Å². The van der Waals surface area contributed by atoms with Crippen molar-refractivity contribution in [3.05, 3.63) is 0 Å². The quantitative estimate of drug-likeness (QED) is 0.715. The maximum absolute atomic E-state index is 10.1. The summed E-state index contributed by atoms with van der Waals surface area (Å²) in [5.41, 5.74) is 0. The van der Waals surface area contributed by atoms with Gasteiger partial charge < -0.3 is 10.4 Å². The highest BCUT2D eigenvalue weighted by Gasteiger charge is 2.26. The molecule has 1 aliphatic heterocycles. The summed E-state index contributed by atoms with van der Waals surface area (Å²) in [6.45, 7) is 6.34. The van der Waals surface area contributed by atoms with Gasteiger partial charge in [0, 0.05) is 25.7 Å². The first-order valence-corrected chi connectivity index (χ1v) is 6.92. The van der Waals surface area contributed by atoms with Crippen molar-refractivity contribution >= 4 is 0 Å². The Morgan fingerprint density at radius 1 is 1.31 bits per heavy atom. The van der Waals surface area contributed by atoms with Crippen LogP contribution in [0.15, 0.2) is 0 Å². The summed E-state index contributed by atoms with van der Waals surface area (Å²) in [7, 11) is 0. The maximum Gasteiger partial charge on any atom is 0.0669 e. The van der Waals surface area contributed by atoms with Crippen molar-refractivity contribution in [3.63, 3.8) is 0 Å². The number of hydrogen-bond acceptors (Lipinski definition) is 3. The van der Waals surface area contributed by atoms with Crippen LogP contribution in [0.4, 0.5) is 0 Å². The number of nitrogens with zero attached hydrogens (tertiary/aromatic N) is 1. The van der Waals surface area contributed by atoms with Gasteiger partial charge in [0.15, 0.2) is 0 Å². The molecule has 16 heavy (non-hydrogen) atoms. The van der Waals surface area contributed by atoms with E-state index in [4.69, 9.17) is 0 Å². The van der Waals surface area contributed by atoms with Gasteiger partial charge in [-0.1, -0.05) is 32.6 Å². The molecular weight excluding hydrogens is 200 g/mol. The molecule has 0 aromatic heterocycles. The highest BCUT2D eigenvalue weighted by atomic mass is 16.3. The lowest BCUT2D eigenvalue weighted by Crippen LogP contribution is -2.58. The van der Waals surface area contributed by atoms with E-state index in [1.807, 2.05) is 0 Å². The summed E-state index contributed by atoms with van der Waals surface area (Å²) in [5.74, 6) is 0.799. The lowest BCUT2D eigenvalue weighted by molar-refractivity contribution is 0.0582. The summed E-state index contributed by atoms with van der Waals surface area (Å²) in [4.78, 5) is 2.43. The minimum atomic E-state index is -0.108.